The molecule has 0 saturated carbocycles. The number of carbonyl (C=O) groups is 6. The van der Waals surface area contributed by atoms with Crippen LogP contribution in [0.3, 0.4) is 0 Å². The molecular weight excluding hydrogens is 528 g/mol. The van der Waals surface area contributed by atoms with Gasteiger partial charge in [0.1, 0.15) is 11.5 Å². The van der Waals surface area contributed by atoms with Crippen LogP contribution in [0.5, 0.6) is 11.5 Å². The second-order valence-corrected chi connectivity index (χ2v) is 9.25. The van der Waals surface area contributed by atoms with Crippen LogP contribution in [0.4, 0.5) is 0 Å². The van der Waals surface area contributed by atoms with Gasteiger partial charge in [-0.3, -0.25) is 29.0 Å². The highest BCUT2D eigenvalue weighted by molar-refractivity contribution is 6.22. The number of aryl methyl sites for hydroxylation is 1. The standard InChI is InChI=1S/C31H22N2O8/c1-4-12-32-26(34)21-9-6-18(15-23(21)28(32)36)30(38)40-20-8-11-25(17(3)14-20)41-31(39)19-7-10-22-24(16-19)29(37)33(13-5-2)27(22)35/h4-11,14-16H,1-2,12-13H2,3H3. The Balaban J connectivity index is 1.28. The molecule has 10 heteroatoms. The largest absolute Gasteiger partial charge is 0.423 e. The van der Waals surface area contributed by atoms with E-state index in [1.165, 1.54) is 66.7 Å². The summed E-state index contributed by atoms with van der Waals surface area (Å²) in [5, 5.41) is 0. The highest BCUT2D eigenvalue weighted by atomic mass is 16.5. The Labute approximate surface area is 234 Å². The summed E-state index contributed by atoms with van der Waals surface area (Å²) in [5.74, 6) is -3.10. The molecule has 4 amide bonds. The molecule has 10 nitrogen and oxygen atoms in total. The average molecular weight is 551 g/mol. The van der Waals surface area contributed by atoms with Crippen LogP contribution in [0.25, 0.3) is 0 Å². The Bertz CT molecular complexity index is 1720. The zero-order valence-electron chi connectivity index (χ0n) is 21.8. The van der Waals surface area contributed by atoms with Gasteiger partial charge in [0.25, 0.3) is 23.6 Å². The lowest BCUT2D eigenvalue weighted by Gasteiger charge is -2.10. The minimum Gasteiger partial charge on any atom is -0.423 e. The number of carbonyl (C=O) groups excluding carboxylic acids is 6. The van der Waals surface area contributed by atoms with E-state index in [0.29, 0.717) is 5.56 Å². The van der Waals surface area contributed by atoms with Gasteiger partial charge in [0.05, 0.1) is 33.4 Å². The molecule has 0 spiro atoms. The molecule has 0 fully saturated rings. The molecule has 0 N–H and O–H groups in total. The van der Waals surface area contributed by atoms with E-state index in [2.05, 4.69) is 13.2 Å². The summed E-state index contributed by atoms with van der Waals surface area (Å²) < 4.78 is 10.9. The number of nitrogens with zero attached hydrogens (tertiary/aromatic N) is 2. The molecule has 5 rings (SSSR count). The summed E-state index contributed by atoms with van der Waals surface area (Å²) in [4.78, 5) is 77.6. The number of hydrogen-bond donors (Lipinski definition) is 0. The van der Waals surface area contributed by atoms with Crippen LogP contribution in [0.2, 0.25) is 0 Å². The fraction of sp³-hybridized carbons (Fsp3) is 0.0968. The van der Waals surface area contributed by atoms with Gasteiger partial charge in [0, 0.05) is 13.1 Å². The van der Waals surface area contributed by atoms with Crippen LogP contribution in [-0.4, -0.2) is 58.5 Å². The van der Waals surface area contributed by atoms with Crippen molar-refractivity contribution in [2.45, 2.75) is 6.92 Å². The first-order chi connectivity index (χ1) is 19.6. The third-order valence-electron chi connectivity index (χ3n) is 6.60. The van der Waals surface area contributed by atoms with Crippen molar-refractivity contribution in [3.63, 3.8) is 0 Å². The summed E-state index contributed by atoms with van der Waals surface area (Å²) in [6.07, 6.45) is 2.88. The third kappa shape index (κ3) is 4.71. The molecule has 204 valence electrons. The quantitative estimate of drug-likeness (QED) is 0.178. The van der Waals surface area contributed by atoms with Gasteiger partial charge in [-0.25, -0.2) is 9.59 Å². The number of esters is 2. The van der Waals surface area contributed by atoms with Crippen LogP contribution in [0, 0.1) is 6.92 Å². The molecular formula is C31H22N2O8. The van der Waals surface area contributed by atoms with Gasteiger partial charge in [0.15, 0.2) is 0 Å². The lowest BCUT2D eigenvalue weighted by molar-refractivity contribution is 0.0656. The molecule has 41 heavy (non-hydrogen) atoms. The maximum atomic E-state index is 12.8. The van der Waals surface area contributed by atoms with E-state index in [9.17, 15) is 28.8 Å². The lowest BCUT2D eigenvalue weighted by Crippen LogP contribution is -2.29. The number of imide groups is 2. The van der Waals surface area contributed by atoms with E-state index in [4.69, 9.17) is 9.47 Å². The Morgan fingerprint density at radius 3 is 1.59 bits per heavy atom. The molecule has 2 aliphatic rings. The number of fused-ring (bicyclic) bond motifs is 2. The smallest absolute Gasteiger partial charge is 0.343 e. The van der Waals surface area contributed by atoms with Gasteiger partial charge in [-0.15, -0.1) is 13.2 Å². The summed E-state index contributed by atoms with van der Waals surface area (Å²) >= 11 is 0. The minimum atomic E-state index is -0.748. The normalized spacial score (nSPS) is 13.7. The molecule has 2 aliphatic heterocycles. The zero-order chi connectivity index (χ0) is 29.4. The average Bonchev–Trinajstić information content (AvgIpc) is 3.34. The van der Waals surface area contributed by atoms with E-state index in [1.807, 2.05) is 0 Å². The first-order valence-electron chi connectivity index (χ1n) is 12.4. The molecule has 0 unspecified atom stereocenters. The van der Waals surface area contributed by atoms with Crippen molar-refractivity contribution in [3.8, 4) is 11.5 Å². The predicted molar refractivity (Wildman–Crippen MR) is 145 cm³/mol. The van der Waals surface area contributed by atoms with Crippen molar-refractivity contribution >= 4 is 35.6 Å². The third-order valence-corrected chi connectivity index (χ3v) is 6.60. The van der Waals surface area contributed by atoms with Crippen LogP contribution in [0.15, 0.2) is 79.9 Å². The van der Waals surface area contributed by atoms with Crippen molar-refractivity contribution in [1.29, 1.82) is 0 Å². The molecule has 0 saturated heterocycles. The topological polar surface area (TPSA) is 127 Å². The molecule has 0 atom stereocenters. The highest BCUT2D eigenvalue weighted by Gasteiger charge is 2.36. The second kappa shape index (κ2) is 10.5. The predicted octanol–water partition coefficient (Wildman–Crippen LogP) is 4.00. The second-order valence-electron chi connectivity index (χ2n) is 9.25. The maximum absolute atomic E-state index is 12.8. The summed E-state index contributed by atoms with van der Waals surface area (Å²) in [6, 6.07) is 12.6. The van der Waals surface area contributed by atoms with E-state index in [-0.39, 0.29) is 58.0 Å². The highest BCUT2D eigenvalue weighted by Crippen LogP contribution is 2.28. The summed E-state index contributed by atoms with van der Waals surface area (Å²) in [5.41, 5.74) is 1.24. The summed E-state index contributed by atoms with van der Waals surface area (Å²) in [7, 11) is 0. The van der Waals surface area contributed by atoms with Crippen molar-refractivity contribution < 1.29 is 38.2 Å². The van der Waals surface area contributed by atoms with Gasteiger partial charge in [0.2, 0.25) is 0 Å². The first kappa shape index (κ1) is 26.9. The van der Waals surface area contributed by atoms with Crippen LogP contribution < -0.4 is 9.47 Å². The van der Waals surface area contributed by atoms with E-state index in [1.54, 1.807) is 6.92 Å². The van der Waals surface area contributed by atoms with Gasteiger partial charge < -0.3 is 9.47 Å². The SMILES string of the molecule is C=CCN1C(=O)c2ccc(C(=O)Oc3ccc(OC(=O)c4ccc5c(c4)C(=O)N(CC=C)C5=O)c(C)c3)cc2C1=O. The summed E-state index contributed by atoms with van der Waals surface area (Å²) in [6.45, 7) is 8.84. The van der Waals surface area contributed by atoms with Crippen LogP contribution >= 0.6 is 0 Å². The zero-order valence-corrected chi connectivity index (χ0v) is 21.8. The number of hydrogen-bond acceptors (Lipinski definition) is 8. The molecule has 0 radical (unpaired) electrons. The van der Waals surface area contributed by atoms with E-state index in [0.717, 1.165) is 9.80 Å². The first-order valence-corrected chi connectivity index (χ1v) is 12.4. The number of amides is 4. The van der Waals surface area contributed by atoms with E-state index < -0.39 is 35.6 Å². The van der Waals surface area contributed by atoms with Crippen LogP contribution in [-0.2, 0) is 0 Å². The van der Waals surface area contributed by atoms with Crippen molar-refractivity contribution in [2.75, 3.05) is 13.1 Å². The maximum Gasteiger partial charge on any atom is 0.343 e. The molecule has 2 heterocycles. The van der Waals surface area contributed by atoms with Gasteiger partial charge in [-0.2, -0.15) is 0 Å². The van der Waals surface area contributed by atoms with E-state index >= 15 is 0 Å². The Hall–Kier alpha value is -5.64. The van der Waals surface area contributed by atoms with Crippen molar-refractivity contribution in [2.24, 2.45) is 0 Å². The number of ether oxygens (including phenoxy) is 2. The Kier molecular flexibility index (Phi) is 6.90. The van der Waals surface area contributed by atoms with Gasteiger partial charge >= 0.3 is 11.9 Å². The number of rotatable bonds is 8. The Morgan fingerprint density at radius 2 is 1.12 bits per heavy atom. The molecule has 0 bridgehead atoms. The minimum absolute atomic E-state index is 0.0564. The fourth-order valence-corrected chi connectivity index (χ4v) is 4.55. The van der Waals surface area contributed by atoms with Gasteiger partial charge in [-0.05, 0) is 67.1 Å². The van der Waals surface area contributed by atoms with Crippen molar-refractivity contribution in [3.05, 3.63) is 119 Å². The fourth-order valence-electron chi connectivity index (χ4n) is 4.55. The van der Waals surface area contributed by atoms with Crippen molar-refractivity contribution in [1.82, 2.24) is 9.80 Å². The molecule has 0 aliphatic carbocycles. The van der Waals surface area contributed by atoms with Gasteiger partial charge in [-0.1, -0.05) is 12.2 Å². The monoisotopic (exact) mass is 550 g/mol. The molecule has 3 aromatic carbocycles. The molecule has 0 aromatic heterocycles. The Morgan fingerprint density at radius 1 is 0.659 bits per heavy atom. The van der Waals surface area contributed by atoms with Crippen LogP contribution in [0.1, 0.15) is 67.7 Å². The molecule has 3 aromatic rings. The lowest BCUT2D eigenvalue weighted by atomic mass is 10.1. The number of benzene rings is 3.